The summed E-state index contributed by atoms with van der Waals surface area (Å²) in [4.78, 5) is 7.17. The van der Waals surface area contributed by atoms with Gasteiger partial charge < -0.3 is 10.7 Å². The number of nitrogens with two attached hydrogens (primary N) is 1. The molecule has 0 aliphatic rings. The Morgan fingerprint density at radius 3 is 3.00 bits per heavy atom. The van der Waals surface area contributed by atoms with Gasteiger partial charge in [0.2, 0.25) is 0 Å². The van der Waals surface area contributed by atoms with Crippen LogP contribution in [0.3, 0.4) is 0 Å². The second-order valence-electron chi connectivity index (χ2n) is 2.37. The molecule has 0 saturated carbocycles. The van der Waals surface area contributed by atoms with Gasteiger partial charge in [0.1, 0.15) is 5.82 Å². The van der Waals surface area contributed by atoms with Crippen molar-refractivity contribution in [2.24, 2.45) is 10.7 Å². The maximum atomic E-state index is 5.52. The quantitative estimate of drug-likeness (QED) is 0.656. The monoisotopic (exact) mass is 163 g/mol. The Kier molecular flexibility index (Phi) is 2.82. The fourth-order valence-corrected chi connectivity index (χ4v) is 1.10. The summed E-state index contributed by atoms with van der Waals surface area (Å²) in [5, 5.41) is 0. The lowest BCUT2D eigenvalue weighted by atomic mass is 10.2. The molecule has 0 aliphatic carbocycles. The van der Waals surface area contributed by atoms with Crippen LogP contribution in [0.15, 0.2) is 17.8 Å². The van der Waals surface area contributed by atoms with E-state index < -0.39 is 0 Å². The minimum absolute atomic E-state index is 0.511. The van der Waals surface area contributed by atoms with Crippen LogP contribution in [-0.2, 0) is 6.54 Å². The Morgan fingerprint density at radius 1 is 1.75 bits per heavy atom. The molecule has 0 aromatic carbocycles. The van der Waals surface area contributed by atoms with E-state index in [2.05, 4.69) is 16.6 Å². The molecule has 1 aromatic rings. The number of hydrogen-bond acceptors (Lipinski definition) is 2. The Balaban J connectivity index is 3.13. The van der Waals surface area contributed by atoms with Crippen LogP contribution >= 0.6 is 0 Å². The third-order valence-corrected chi connectivity index (χ3v) is 1.67. The molecule has 0 bridgehead atoms. The second-order valence-corrected chi connectivity index (χ2v) is 2.37. The van der Waals surface area contributed by atoms with Crippen molar-refractivity contribution >= 4 is 18.1 Å². The highest BCUT2D eigenvalue weighted by atomic mass is 14.9. The number of aliphatic imine (C=N–C) groups is 1. The molecule has 0 aliphatic heterocycles. The summed E-state index contributed by atoms with van der Waals surface area (Å²) in [5.41, 5.74) is 7.56. The van der Waals surface area contributed by atoms with Gasteiger partial charge in [-0.3, -0.25) is 0 Å². The number of rotatable bonds is 3. The van der Waals surface area contributed by atoms with E-state index in [4.69, 9.17) is 5.73 Å². The lowest BCUT2D eigenvalue weighted by molar-refractivity contribution is 1.07. The maximum Gasteiger partial charge on any atom is 0.137 e. The summed E-state index contributed by atoms with van der Waals surface area (Å²) in [6.07, 6.45) is 5.36. The van der Waals surface area contributed by atoms with E-state index in [1.165, 1.54) is 0 Å². The molecule has 64 valence electrons. The van der Waals surface area contributed by atoms with E-state index >= 15 is 0 Å². The van der Waals surface area contributed by atoms with Crippen LogP contribution in [0.1, 0.15) is 18.1 Å². The fraction of sp³-hybridized carbons (Fsp3) is 0.222. The largest absolute Gasteiger partial charge is 0.346 e. The molecule has 0 unspecified atom stereocenters. The lowest BCUT2D eigenvalue weighted by Crippen LogP contribution is -1.95. The van der Waals surface area contributed by atoms with Gasteiger partial charge in [0, 0.05) is 24.5 Å². The predicted molar refractivity (Wildman–Crippen MR) is 52.6 cm³/mol. The molecule has 0 spiro atoms. The number of nitrogens with zero attached hydrogens (tertiary/aromatic N) is 1. The second kappa shape index (κ2) is 3.88. The van der Waals surface area contributed by atoms with Crippen molar-refractivity contribution in [3.8, 4) is 0 Å². The van der Waals surface area contributed by atoms with Crippen molar-refractivity contribution in [2.45, 2.75) is 13.5 Å². The molecular weight excluding hydrogens is 150 g/mol. The summed E-state index contributed by atoms with van der Waals surface area (Å²) in [6, 6.07) is 0. The Morgan fingerprint density at radius 2 is 2.50 bits per heavy atom. The van der Waals surface area contributed by atoms with Gasteiger partial charge in [-0.25, -0.2) is 4.99 Å². The van der Waals surface area contributed by atoms with E-state index in [1.807, 2.05) is 13.1 Å². The summed E-state index contributed by atoms with van der Waals surface area (Å²) >= 11 is 0. The zero-order valence-electron chi connectivity index (χ0n) is 7.17. The number of H-pyrrole nitrogens is 1. The Labute approximate surface area is 72.0 Å². The van der Waals surface area contributed by atoms with Crippen molar-refractivity contribution in [2.75, 3.05) is 0 Å². The first-order valence-corrected chi connectivity index (χ1v) is 3.85. The van der Waals surface area contributed by atoms with Gasteiger partial charge in [-0.2, -0.15) is 0 Å². The Hall–Kier alpha value is -1.35. The molecule has 3 N–H and O–H groups in total. The van der Waals surface area contributed by atoms with E-state index in [0.717, 1.165) is 16.9 Å². The molecule has 0 saturated heterocycles. The van der Waals surface area contributed by atoms with Crippen LogP contribution in [0.2, 0.25) is 0 Å². The van der Waals surface area contributed by atoms with Gasteiger partial charge in [0.15, 0.2) is 0 Å². The minimum Gasteiger partial charge on any atom is -0.346 e. The van der Waals surface area contributed by atoms with E-state index in [-0.39, 0.29) is 0 Å². The zero-order chi connectivity index (χ0) is 8.97. The highest BCUT2D eigenvalue weighted by Crippen LogP contribution is 2.22. The van der Waals surface area contributed by atoms with Gasteiger partial charge in [-0.15, -0.1) is 0 Å². The lowest BCUT2D eigenvalue weighted by Gasteiger charge is -1.94. The number of aromatic amines is 1. The van der Waals surface area contributed by atoms with Crippen molar-refractivity contribution in [3.63, 3.8) is 0 Å². The van der Waals surface area contributed by atoms with E-state index in [9.17, 15) is 0 Å². The number of aromatic nitrogens is 1. The van der Waals surface area contributed by atoms with Gasteiger partial charge in [-0.1, -0.05) is 12.7 Å². The van der Waals surface area contributed by atoms with Crippen molar-refractivity contribution in [1.82, 2.24) is 4.98 Å². The molecule has 0 fully saturated rings. The molecule has 1 aromatic heterocycles. The van der Waals surface area contributed by atoms with Crippen LogP contribution in [0, 0.1) is 0 Å². The summed E-state index contributed by atoms with van der Waals surface area (Å²) in [5.74, 6) is 0.827. The molecule has 0 atom stereocenters. The van der Waals surface area contributed by atoms with Gasteiger partial charge in [0.25, 0.3) is 0 Å². The van der Waals surface area contributed by atoms with Gasteiger partial charge >= 0.3 is 0 Å². The van der Waals surface area contributed by atoms with Gasteiger partial charge in [-0.05, 0) is 12.5 Å². The third kappa shape index (κ3) is 1.46. The fourth-order valence-electron chi connectivity index (χ4n) is 1.10. The first-order valence-electron chi connectivity index (χ1n) is 3.85. The molecular formula is C9H13N3. The normalized spacial score (nSPS) is 10.8. The van der Waals surface area contributed by atoms with Crippen LogP contribution < -0.4 is 5.73 Å². The van der Waals surface area contributed by atoms with Crippen molar-refractivity contribution in [1.29, 1.82) is 0 Å². The van der Waals surface area contributed by atoms with Gasteiger partial charge in [0.05, 0.1) is 0 Å². The third-order valence-electron chi connectivity index (χ3n) is 1.67. The SMILES string of the molecule is C=Cc1c(CN)c[nH]c1/N=C\C. The number of nitrogens with one attached hydrogen (secondary N) is 1. The van der Waals surface area contributed by atoms with Crippen LogP contribution in [0.25, 0.3) is 6.08 Å². The molecule has 0 radical (unpaired) electrons. The maximum absolute atomic E-state index is 5.52. The smallest absolute Gasteiger partial charge is 0.137 e. The first-order chi connectivity index (χ1) is 5.83. The summed E-state index contributed by atoms with van der Waals surface area (Å²) in [7, 11) is 0. The highest BCUT2D eigenvalue weighted by Gasteiger charge is 2.04. The summed E-state index contributed by atoms with van der Waals surface area (Å²) in [6.45, 7) is 6.09. The standard InChI is InChI=1S/C9H13N3/c1-3-8-7(5-10)6-12-9(8)11-4-2/h3-4,6,12H,1,5,10H2,2H3/b11-4-. The minimum atomic E-state index is 0.511. The average Bonchev–Trinajstić information content (AvgIpc) is 2.47. The average molecular weight is 163 g/mol. The van der Waals surface area contributed by atoms with Crippen LogP contribution in [0.5, 0.6) is 0 Å². The van der Waals surface area contributed by atoms with Crippen LogP contribution in [0.4, 0.5) is 5.82 Å². The van der Waals surface area contributed by atoms with Crippen molar-refractivity contribution < 1.29 is 0 Å². The Bertz CT molecular complexity index is 297. The van der Waals surface area contributed by atoms with Crippen molar-refractivity contribution in [3.05, 3.63) is 23.9 Å². The molecule has 3 nitrogen and oxygen atoms in total. The predicted octanol–water partition coefficient (Wildman–Crippen LogP) is 1.84. The molecule has 1 heterocycles. The van der Waals surface area contributed by atoms with E-state index in [1.54, 1.807) is 12.3 Å². The summed E-state index contributed by atoms with van der Waals surface area (Å²) < 4.78 is 0. The zero-order valence-corrected chi connectivity index (χ0v) is 7.17. The number of hydrogen-bond donors (Lipinski definition) is 2. The molecule has 12 heavy (non-hydrogen) atoms. The molecule has 3 heteroatoms. The molecule has 1 rings (SSSR count). The van der Waals surface area contributed by atoms with E-state index in [0.29, 0.717) is 6.54 Å². The topological polar surface area (TPSA) is 54.2 Å². The van der Waals surface area contributed by atoms with Crippen LogP contribution in [-0.4, -0.2) is 11.2 Å². The first kappa shape index (κ1) is 8.74. The molecule has 0 amide bonds. The highest BCUT2D eigenvalue weighted by molar-refractivity contribution is 5.68.